The normalized spacial score (nSPS) is 11.9. The molecule has 0 saturated heterocycles. The van der Waals surface area contributed by atoms with Gasteiger partial charge in [0.05, 0.1) is 12.1 Å². The van der Waals surface area contributed by atoms with Crippen molar-refractivity contribution in [3.05, 3.63) is 128 Å². The van der Waals surface area contributed by atoms with Crippen LogP contribution in [0, 0.1) is 11.6 Å². The molecule has 5 aromatic rings. The number of hydrogen-bond acceptors (Lipinski definition) is 6. The molecule has 1 aliphatic rings. The van der Waals surface area contributed by atoms with Gasteiger partial charge in [-0.25, -0.2) is 8.78 Å². The standard InChI is InChI=1S/C30H20F2N4O6/c31-21-2-1-3-22(32)19(21)13-36-14-20(28(38)27-23(36)9-11-26(37)35-27)30(40)33-17-6-4-16(5-7-17)29(39)34-18-8-10-24-25(12-18)42-15-41-24/h1-12,14H,13,15H2,(H,33,40)(H,34,39)(H,35,37). The lowest BCUT2D eigenvalue weighted by atomic mass is 10.1. The maximum absolute atomic E-state index is 14.4. The van der Waals surface area contributed by atoms with Crippen molar-refractivity contribution in [1.29, 1.82) is 0 Å². The fraction of sp³-hybridized carbons (Fsp3) is 0.0667. The van der Waals surface area contributed by atoms with Crippen LogP contribution in [-0.2, 0) is 6.54 Å². The Morgan fingerprint density at radius 2 is 1.52 bits per heavy atom. The predicted molar refractivity (Wildman–Crippen MR) is 149 cm³/mol. The summed E-state index contributed by atoms with van der Waals surface area (Å²) in [6, 6.07) is 16.8. The Morgan fingerprint density at radius 3 is 2.29 bits per heavy atom. The average molecular weight is 571 g/mol. The third-order valence-electron chi connectivity index (χ3n) is 6.63. The van der Waals surface area contributed by atoms with Crippen LogP contribution >= 0.6 is 0 Å². The number of halogens is 2. The summed E-state index contributed by atoms with van der Waals surface area (Å²) in [6.45, 7) is -0.246. The molecule has 3 heterocycles. The number of pyridine rings is 2. The second-order valence-electron chi connectivity index (χ2n) is 9.34. The Balaban J connectivity index is 1.25. The van der Waals surface area contributed by atoms with Gasteiger partial charge in [-0.05, 0) is 54.6 Å². The molecule has 210 valence electrons. The van der Waals surface area contributed by atoms with Crippen molar-refractivity contribution < 1.29 is 27.8 Å². The lowest BCUT2D eigenvalue weighted by molar-refractivity contribution is 0.101. The number of aromatic amines is 1. The summed E-state index contributed by atoms with van der Waals surface area (Å²) in [5.41, 5.74) is -0.960. The Kier molecular flexibility index (Phi) is 6.71. The molecule has 0 radical (unpaired) electrons. The molecule has 1 aliphatic heterocycles. The number of rotatable bonds is 6. The van der Waals surface area contributed by atoms with Crippen molar-refractivity contribution in [3.8, 4) is 11.5 Å². The third-order valence-corrected chi connectivity index (χ3v) is 6.63. The first kappa shape index (κ1) is 26.4. The number of benzene rings is 3. The van der Waals surface area contributed by atoms with E-state index in [-0.39, 0.29) is 41.2 Å². The number of nitrogens with zero attached hydrogens (tertiary/aromatic N) is 1. The van der Waals surface area contributed by atoms with E-state index in [9.17, 15) is 28.0 Å². The number of anilines is 2. The Hall–Kier alpha value is -5.78. The van der Waals surface area contributed by atoms with Gasteiger partial charge in [0.25, 0.3) is 11.8 Å². The molecule has 2 aromatic heterocycles. The lowest BCUT2D eigenvalue weighted by Gasteiger charge is -2.14. The molecular formula is C30H20F2N4O6. The molecule has 0 aliphatic carbocycles. The molecule has 6 rings (SSSR count). The second kappa shape index (κ2) is 10.7. The van der Waals surface area contributed by atoms with Gasteiger partial charge in [-0.3, -0.25) is 19.2 Å². The van der Waals surface area contributed by atoms with E-state index in [4.69, 9.17) is 9.47 Å². The number of carbonyl (C=O) groups excluding carboxylic acids is 2. The number of aromatic nitrogens is 2. The fourth-order valence-electron chi connectivity index (χ4n) is 4.53. The lowest BCUT2D eigenvalue weighted by Crippen LogP contribution is -2.26. The largest absolute Gasteiger partial charge is 0.454 e. The van der Waals surface area contributed by atoms with E-state index in [1.165, 1.54) is 53.2 Å². The highest BCUT2D eigenvalue weighted by molar-refractivity contribution is 6.07. The van der Waals surface area contributed by atoms with Crippen molar-refractivity contribution in [3.63, 3.8) is 0 Å². The summed E-state index contributed by atoms with van der Waals surface area (Å²) in [6.07, 6.45) is 1.18. The first-order valence-corrected chi connectivity index (χ1v) is 12.6. The van der Waals surface area contributed by atoms with Crippen LogP contribution in [0.25, 0.3) is 11.0 Å². The molecule has 2 amide bonds. The van der Waals surface area contributed by atoms with E-state index in [0.29, 0.717) is 22.7 Å². The third kappa shape index (κ3) is 5.08. The molecule has 0 spiro atoms. The van der Waals surface area contributed by atoms with Crippen LogP contribution in [0.4, 0.5) is 20.2 Å². The summed E-state index contributed by atoms with van der Waals surface area (Å²) >= 11 is 0. The van der Waals surface area contributed by atoms with E-state index in [0.717, 1.165) is 12.1 Å². The van der Waals surface area contributed by atoms with Crippen LogP contribution in [-0.4, -0.2) is 28.2 Å². The smallest absolute Gasteiger partial charge is 0.261 e. The maximum Gasteiger partial charge on any atom is 0.261 e. The Bertz CT molecular complexity index is 1980. The van der Waals surface area contributed by atoms with E-state index in [1.54, 1.807) is 18.2 Å². The van der Waals surface area contributed by atoms with E-state index in [2.05, 4.69) is 15.6 Å². The topological polar surface area (TPSA) is 132 Å². The van der Waals surface area contributed by atoms with Gasteiger partial charge in [0, 0.05) is 40.8 Å². The first-order chi connectivity index (χ1) is 20.3. The van der Waals surface area contributed by atoms with E-state index < -0.39 is 34.4 Å². The summed E-state index contributed by atoms with van der Waals surface area (Å²) in [4.78, 5) is 53.4. The number of carbonyl (C=O) groups is 2. The molecule has 10 nitrogen and oxygen atoms in total. The van der Waals surface area contributed by atoms with E-state index >= 15 is 0 Å². The molecule has 0 atom stereocenters. The van der Waals surface area contributed by atoms with Crippen molar-refractivity contribution in [2.24, 2.45) is 0 Å². The highest BCUT2D eigenvalue weighted by Crippen LogP contribution is 2.34. The summed E-state index contributed by atoms with van der Waals surface area (Å²) in [7, 11) is 0. The monoisotopic (exact) mass is 570 g/mol. The van der Waals surface area contributed by atoms with E-state index in [1.807, 2.05) is 0 Å². The maximum atomic E-state index is 14.4. The van der Waals surface area contributed by atoms with Gasteiger partial charge in [-0.2, -0.15) is 0 Å². The average Bonchev–Trinajstić information content (AvgIpc) is 3.44. The minimum absolute atomic E-state index is 0.106. The van der Waals surface area contributed by atoms with Gasteiger partial charge in [0.2, 0.25) is 17.8 Å². The van der Waals surface area contributed by atoms with Crippen molar-refractivity contribution >= 4 is 34.2 Å². The number of fused-ring (bicyclic) bond motifs is 2. The molecule has 3 N–H and O–H groups in total. The van der Waals surface area contributed by atoms with Crippen molar-refractivity contribution in [2.75, 3.05) is 17.4 Å². The molecule has 42 heavy (non-hydrogen) atoms. The van der Waals surface area contributed by atoms with Crippen LogP contribution in [0.3, 0.4) is 0 Å². The minimum atomic E-state index is -0.827. The van der Waals surface area contributed by atoms with Gasteiger partial charge in [-0.15, -0.1) is 0 Å². The fourth-order valence-corrected chi connectivity index (χ4v) is 4.53. The molecular weight excluding hydrogens is 550 g/mol. The summed E-state index contributed by atoms with van der Waals surface area (Å²) < 4.78 is 40.7. The summed E-state index contributed by atoms with van der Waals surface area (Å²) in [5.74, 6) is -1.75. The van der Waals surface area contributed by atoms with Gasteiger partial charge in [-0.1, -0.05) is 6.07 Å². The Labute approximate surface area is 235 Å². The molecule has 0 fully saturated rings. The highest BCUT2D eigenvalue weighted by atomic mass is 19.1. The van der Waals surface area contributed by atoms with Crippen molar-refractivity contribution in [2.45, 2.75) is 6.54 Å². The zero-order valence-corrected chi connectivity index (χ0v) is 21.6. The SMILES string of the molecule is O=C(Nc1ccc2c(c1)OCO2)c1ccc(NC(=O)c2cn(Cc3c(F)cccc3F)c3ccc(=O)[nH]c3c2=O)cc1. The minimum Gasteiger partial charge on any atom is -0.454 e. The van der Waals surface area contributed by atoms with Gasteiger partial charge >= 0.3 is 0 Å². The highest BCUT2D eigenvalue weighted by Gasteiger charge is 2.19. The molecule has 0 bridgehead atoms. The molecule has 3 aromatic carbocycles. The van der Waals surface area contributed by atoms with Crippen LogP contribution in [0.5, 0.6) is 11.5 Å². The molecule has 12 heteroatoms. The molecule has 0 saturated carbocycles. The number of ether oxygens (including phenoxy) is 2. The van der Waals surface area contributed by atoms with Crippen LogP contribution in [0.15, 0.2) is 88.6 Å². The number of hydrogen-bond donors (Lipinski definition) is 3. The van der Waals surface area contributed by atoms with Gasteiger partial charge < -0.3 is 29.7 Å². The number of amides is 2. The van der Waals surface area contributed by atoms with Crippen LogP contribution in [0.1, 0.15) is 26.3 Å². The number of H-pyrrole nitrogens is 1. The molecule has 0 unspecified atom stereocenters. The Morgan fingerprint density at radius 1 is 0.833 bits per heavy atom. The predicted octanol–water partition coefficient (Wildman–Crippen LogP) is 4.25. The number of nitrogens with one attached hydrogen (secondary N) is 3. The van der Waals surface area contributed by atoms with Gasteiger partial charge in [0.1, 0.15) is 22.7 Å². The second-order valence-corrected chi connectivity index (χ2v) is 9.34. The van der Waals surface area contributed by atoms with Crippen LogP contribution < -0.4 is 31.1 Å². The quantitative estimate of drug-likeness (QED) is 0.280. The zero-order chi connectivity index (χ0) is 29.4. The van der Waals surface area contributed by atoms with Crippen LogP contribution in [0.2, 0.25) is 0 Å². The van der Waals surface area contributed by atoms with Crippen molar-refractivity contribution in [1.82, 2.24) is 9.55 Å². The van der Waals surface area contributed by atoms with Gasteiger partial charge in [0.15, 0.2) is 11.5 Å². The zero-order valence-electron chi connectivity index (χ0n) is 21.6. The first-order valence-electron chi connectivity index (χ1n) is 12.6. The summed E-state index contributed by atoms with van der Waals surface area (Å²) in [5, 5.41) is 5.33.